The molecule has 2 N–H and O–H groups in total. The Kier molecular flexibility index (Phi) is 5.42. The maximum absolute atomic E-state index is 12.8. The molecular formula is C20H22F3N5O. The van der Waals surface area contributed by atoms with Crippen molar-refractivity contribution in [1.82, 2.24) is 20.7 Å². The zero-order chi connectivity index (χ0) is 20.4. The van der Waals surface area contributed by atoms with E-state index in [2.05, 4.69) is 15.8 Å². The summed E-state index contributed by atoms with van der Waals surface area (Å²) < 4.78 is 38.0. The van der Waals surface area contributed by atoms with Crippen LogP contribution in [-0.2, 0) is 11.0 Å². The molecule has 2 saturated heterocycles. The van der Waals surface area contributed by atoms with Gasteiger partial charge in [0.25, 0.3) is 0 Å². The van der Waals surface area contributed by atoms with Gasteiger partial charge in [-0.1, -0.05) is 30.3 Å². The zero-order valence-corrected chi connectivity index (χ0v) is 15.7. The molecule has 0 saturated carbocycles. The first-order valence-electron chi connectivity index (χ1n) is 9.55. The molecule has 1 aromatic carbocycles. The summed E-state index contributed by atoms with van der Waals surface area (Å²) in [6, 6.07) is 12.2. The number of carbonyl (C=O) groups excluding carboxylic acids is 1. The van der Waals surface area contributed by atoms with Gasteiger partial charge < -0.3 is 9.80 Å². The number of halogens is 3. The van der Waals surface area contributed by atoms with E-state index in [-0.39, 0.29) is 18.0 Å². The number of alkyl halides is 3. The van der Waals surface area contributed by atoms with Gasteiger partial charge in [0.05, 0.1) is 5.56 Å². The molecular weight excluding hydrogens is 383 g/mol. The van der Waals surface area contributed by atoms with Crippen LogP contribution in [0.15, 0.2) is 48.7 Å². The Morgan fingerprint density at radius 3 is 2.34 bits per heavy atom. The highest BCUT2D eigenvalue weighted by Gasteiger charge is 2.34. The molecule has 9 heteroatoms. The summed E-state index contributed by atoms with van der Waals surface area (Å²) in [5.74, 6) is 0.533. The van der Waals surface area contributed by atoms with Gasteiger partial charge in [-0.15, -0.1) is 0 Å². The third kappa shape index (κ3) is 4.35. The number of carbonyl (C=O) groups is 1. The molecule has 2 atom stereocenters. The smallest absolute Gasteiger partial charge is 0.353 e. The fourth-order valence-electron chi connectivity index (χ4n) is 3.74. The number of nitrogens with zero attached hydrogens (tertiary/aromatic N) is 3. The molecule has 2 aromatic rings. The van der Waals surface area contributed by atoms with Crippen LogP contribution >= 0.6 is 0 Å². The second kappa shape index (κ2) is 8.00. The molecule has 3 heterocycles. The quantitative estimate of drug-likeness (QED) is 0.821. The van der Waals surface area contributed by atoms with Crippen molar-refractivity contribution in [3.63, 3.8) is 0 Å². The first-order valence-corrected chi connectivity index (χ1v) is 9.55. The molecule has 0 aliphatic carbocycles. The van der Waals surface area contributed by atoms with Crippen LogP contribution in [0.25, 0.3) is 0 Å². The summed E-state index contributed by atoms with van der Waals surface area (Å²) >= 11 is 0. The highest BCUT2D eigenvalue weighted by Crippen LogP contribution is 2.29. The number of amides is 1. The average molecular weight is 405 g/mol. The third-order valence-corrected chi connectivity index (χ3v) is 5.39. The van der Waals surface area contributed by atoms with E-state index in [9.17, 15) is 18.0 Å². The second-order valence-electron chi connectivity index (χ2n) is 7.26. The molecule has 6 nitrogen and oxygen atoms in total. The number of hydrazine groups is 1. The molecule has 2 aliphatic rings. The largest absolute Gasteiger partial charge is 0.417 e. The molecule has 2 aliphatic heterocycles. The fraction of sp³-hybridized carbons (Fsp3) is 0.400. The van der Waals surface area contributed by atoms with Crippen molar-refractivity contribution < 1.29 is 18.0 Å². The maximum Gasteiger partial charge on any atom is 0.417 e. The van der Waals surface area contributed by atoms with Gasteiger partial charge in [0.1, 0.15) is 11.9 Å². The van der Waals surface area contributed by atoms with Crippen molar-refractivity contribution in [3.05, 3.63) is 59.8 Å². The molecule has 4 rings (SSSR count). The van der Waals surface area contributed by atoms with Crippen LogP contribution in [-0.4, -0.2) is 48.0 Å². The van der Waals surface area contributed by atoms with Gasteiger partial charge in [0.2, 0.25) is 5.91 Å². The summed E-state index contributed by atoms with van der Waals surface area (Å²) in [5, 5.41) is 0. The van der Waals surface area contributed by atoms with Gasteiger partial charge in [0, 0.05) is 38.4 Å². The Bertz CT molecular complexity index is 835. The number of anilines is 1. The minimum Gasteiger partial charge on any atom is -0.353 e. The van der Waals surface area contributed by atoms with Crippen LogP contribution in [0.4, 0.5) is 19.0 Å². The van der Waals surface area contributed by atoms with Crippen LogP contribution in [0.2, 0.25) is 0 Å². The van der Waals surface area contributed by atoms with Gasteiger partial charge >= 0.3 is 6.18 Å². The lowest BCUT2D eigenvalue weighted by molar-refractivity contribution is -0.138. The lowest BCUT2D eigenvalue weighted by atomic mass is 10.0. The summed E-state index contributed by atoms with van der Waals surface area (Å²) in [6.07, 6.45) is -2.87. The van der Waals surface area contributed by atoms with Crippen LogP contribution in [0.5, 0.6) is 0 Å². The number of aromatic nitrogens is 1. The summed E-state index contributed by atoms with van der Waals surface area (Å²) in [6.45, 7) is 2.09. The minimum atomic E-state index is -4.39. The Morgan fingerprint density at radius 2 is 1.72 bits per heavy atom. The normalized spacial score (nSPS) is 22.7. The number of nitrogens with one attached hydrogen (secondary N) is 2. The lowest BCUT2D eigenvalue weighted by Crippen LogP contribution is -2.53. The number of pyridine rings is 1. The molecule has 1 aromatic heterocycles. The van der Waals surface area contributed by atoms with E-state index < -0.39 is 11.7 Å². The molecule has 0 radical (unpaired) electrons. The number of hydrogen-bond donors (Lipinski definition) is 2. The van der Waals surface area contributed by atoms with Gasteiger partial charge in [-0.3, -0.25) is 4.79 Å². The molecule has 2 fully saturated rings. The van der Waals surface area contributed by atoms with E-state index in [1.165, 1.54) is 6.07 Å². The van der Waals surface area contributed by atoms with E-state index in [0.717, 1.165) is 17.8 Å². The van der Waals surface area contributed by atoms with E-state index in [1.54, 1.807) is 4.90 Å². The third-order valence-electron chi connectivity index (χ3n) is 5.39. The summed E-state index contributed by atoms with van der Waals surface area (Å²) in [7, 11) is 0. The summed E-state index contributed by atoms with van der Waals surface area (Å²) in [5.41, 5.74) is 6.65. The minimum absolute atomic E-state index is 0.0379. The van der Waals surface area contributed by atoms with E-state index in [4.69, 9.17) is 0 Å². The van der Waals surface area contributed by atoms with Crippen molar-refractivity contribution in [2.24, 2.45) is 0 Å². The lowest BCUT2D eigenvalue weighted by Gasteiger charge is -2.36. The molecule has 1 amide bonds. The highest BCUT2D eigenvalue weighted by molar-refractivity contribution is 5.82. The first kappa shape index (κ1) is 19.7. The molecule has 0 bridgehead atoms. The first-order chi connectivity index (χ1) is 13.9. The molecule has 2 unspecified atom stereocenters. The Morgan fingerprint density at radius 1 is 1.00 bits per heavy atom. The molecule has 29 heavy (non-hydrogen) atoms. The van der Waals surface area contributed by atoms with Crippen LogP contribution < -0.4 is 15.8 Å². The highest BCUT2D eigenvalue weighted by atomic mass is 19.4. The van der Waals surface area contributed by atoms with Gasteiger partial charge in [0.15, 0.2) is 0 Å². The van der Waals surface area contributed by atoms with Gasteiger partial charge in [-0.05, 0) is 24.1 Å². The van der Waals surface area contributed by atoms with E-state index >= 15 is 0 Å². The number of hydrogen-bond acceptors (Lipinski definition) is 5. The van der Waals surface area contributed by atoms with E-state index in [0.29, 0.717) is 38.4 Å². The fourth-order valence-corrected chi connectivity index (χ4v) is 3.74. The molecule has 0 spiro atoms. The second-order valence-corrected chi connectivity index (χ2v) is 7.26. The monoisotopic (exact) mass is 405 g/mol. The standard InChI is InChI=1S/C20H22F3N5O/c21-20(22,23)15-6-7-18(24-13-15)27-8-10-28(11-9-27)19(29)17-12-16(25-26-17)14-4-2-1-3-5-14/h1-7,13,16-17,25-26H,8-12H2. The Hall–Kier alpha value is -2.65. The topological polar surface area (TPSA) is 60.5 Å². The van der Waals surface area contributed by atoms with Crippen molar-refractivity contribution in [3.8, 4) is 0 Å². The maximum atomic E-state index is 12.8. The molecule has 154 valence electrons. The Labute approximate surface area is 166 Å². The zero-order valence-electron chi connectivity index (χ0n) is 15.7. The predicted molar refractivity (Wildman–Crippen MR) is 102 cm³/mol. The summed E-state index contributed by atoms with van der Waals surface area (Å²) in [4.78, 5) is 20.5. The van der Waals surface area contributed by atoms with Crippen LogP contribution in [0.1, 0.15) is 23.6 Å². The number of rotatable bonds is 3. The van der Waals surface area contributed by atoms with Crippen LogP contribution in [0, 0.1) is 0 Å². The SMILES string of the molecule is O=C(C1CC(c2ccccc2)NN1)N1CCN(c2ccc(C(F)(F)F)cn2)CC1. The number of benzene rings is 1. The van der Waals surface area contributed by atoms with Crippen molar-refractivity contribution in [2.75, 3.05) is 31.1 Å². The van der Waals surface area contributed by atoms with Gasteiger partial charge in [-0.25, -0.2) is 15.8 Å². The van der Waals surface area contributed by atoms with Gasteiger partial charge in [-0.2, -0.15) is 13.2 Å². The predicted octanol–water partition coefficient (Wildman–Crippen LogP) is 2.36. The van der Waals surface area contributed by atoms with E-state index in [1.807, 2.05) is 35.2 Å². The van der Waals surface area contributed by atoms with Crippen LogP contribution in [0.3, 0.4) is 0 Å². The van der Waals surface area contributed by atoms with Crippen molar-refractivity contribution >= 4 is 11.7 Å². The Balaban J connectivity index is 1.31. The number of piperazine rings is 1. The van der Waals surface area contributed by atoms with Crippen molar-refractivity contribution in [1.29, 1.82) is 0 Å². The average Bonchev–Trinajstić information content (AvgIpc) is 3.24. The van der Waals surface area contributed by atoms with Crippen molar-refractivity contribution in [2.45, 2.75) is 24.7 Å².